The topological polar surface area (TPSA) is 56.0 Å². The van der Waals surface area contributed by atoms with Crippen LogP contribution in [0, 0.1) is 11.3 Å². The molecule has 3 heteroatoms. The summed E-state index contributed by atoms with van der Waals surface area (Å²) in [6, 6.07) is 2.99. The molecule has 2 fully saturated rings. The summed E-state index contributed by atoms with van der Waals surface area (Å²) in [6.07, 6.45) is 5.40. The summed E-state index contributed by atoms with van der Waals surface area (Å²) in [7, 11) is 0. The summed E-state index contributed by atoms with van der Waals surface area (Å²) in [5.74, 6) is 0. The summed E-state index contributed by atoms with van der Waals surface area (Å²) in [5.41, 5.74) is -0.699. The first-order chi connectivity index (χ1) is 6.22. The number of nitriles is 1. The van der Waals surface area contributed by atoms with Crippen LogP contribution in [-0.2, 0) is 0 Å². The molecule has 2 heterocycles. The third-order valence-electron chi connectivity index (χ3n) is 3.24. The maximum atomic E-state index is 10.1. The minimum absolute atomic E-state index is 0.293. The molecule has 0 aromatic heterocycles. The van der Waals surface area contributed by atoms with Crippen LogP contribution in [-0.4, -0.2) is 22.8 Å². The average molecular weight is 180 g/mol. The van der Waals surface area contributed by atoms with Crippen LogP contribution >= 0.6 is 0 Å². The highest BCUT2D eigenvalue weighted by atomic mass is 16.3. The Morgan fingerprint density at radius 2 is 2.00 bits per heavy atom. The summed E-state index contributed by atoms with van der Waals surface area (Å²) in [5, 5.41) is 22.2. The van der Waals surface area contributed by atoms with Crippen LogP contribution in [0.3, 0.4) is 0 Å². The van der Waals surface area contributed by atoms with Crippen molar-refractivity contribution in [1.29, 1.82) is 5.26 Å². The minimum atomic E-state index is -0.699. The van der Waals surface area contributed by atoms with E-state index in [-0.39, 0.29) is 0 Å². The molecule has 13 heavy (non-hydrogen) atoms. The summed E-state index contributed by atoms with van der Waals surface area (Å²) >= 11 is 0. The van der Waals surface area contributed by atoms with E-state index >= 15 is 0 Å². The zero-order valence-corrected chi connectivity index (χ0v) is 7.79. The zero-order chi connectivity index (χ0) is 9.31. The lowest BCUT2D eigenvalue weighted by atomic mass is 9.76. The molecular formula is C10H16N2O. The van der Waals surface area contributed by atoms with Crippen LogP contribution in [0.15, 0.2) is 0 Å². The minimum Gasteiger partial charge on any atom is -0.389 e. The predicted molar refractivity (Wildman–Crippen MR) is 49.0 cm³/mol. The van der Waals surface area contributed by atoms with Gasteiger partial charge in [-0.2, -0.15) is 5.26 Å². The molecule has 0 aliphatic carbocycles. The fraction of sp³-hybridized carbons (Fsp3) is 0.900. The molecule has 0 amide bonds. The third-order valence-corrected chi connectivity index (χ3v) is 3.24. The van der Waals surface area contributed by atoms with Gasteiger partial charge in [0.2, 0.25) is 0 Å². The normalized spacial score (nSPS) is 44.0. The largest absolute Gasteiger partial charge is 0.389 e. The van der Waals surface area contributed by atoms with Crippen LogP contribution in [0.5, 0.6) is 0 Å². The van der Waals surface area contributed by atoms with Crippen molar-refractivity contribution < 1.29 is 5.11 Å². The Hall–Kier alpha value is -0.590. The van der Waals surface area contributed by atoms with E-state index in [4.69, 9.17) is 5.26 Å². The van der Waals surface area contributed by atoms with E-state index in [0.717, 1.165) is 25.7 Å². The molecule has 2 atom stereocenters. The third kappa shape index (κ3) is 1.84. The van der Waals surface area contributed by atoms with E-state index in [1.165, 1.54) is 6.42 Å². The van der Waals surface area contributed by atoms with E-state index in [2.05, 4.69) is 11.4 Å². The highest BCUT2D eigenvalue weighted by Crippen LogP contribution is 2.34. The number of rotatable bonds is 1. The molecule has 0 spiro atoms. The number of piperidine rings is 2. The van der Waals surface area contributed by atoms with Crippen molar-refractivity contribution in [2.75, 3.05) is 0 Å². The summed E-state index contributed by atoms with van der Waals surface area (Å²) < 4.78 is 0. The highest BCUT2D eigenvalue weighted by molar-refractivity contribution is 5.01. The van der Waals surface area contributed by atoms with Crippen LogP contribution in [0.4, 0.5) is 0 Å². The van der Waals surface area contributed by atoms with Crippen molar-refractivity contribution in [1.82, 2.24) is 5.32 Å². The summed E-state index contributed by atoms with van der Waals surface area (Å²) in [4.78, 5) is 0. The van der Waals surface area contributed by atoms with Crippen molar-refractivity contribution >= 4 is 0 Å². The second kappa shape index (κ2) is 3.28. The van der Waals surface area contributed by atoms with Crippen LogP contribution in [0.25, 0.3) is 0 Å². The first-order valence-electron chi connectivity index (χ1n) is 5.07. The molecule has 0 saturated carbocycles. The molecule has 3 nitrogen and oxygen atoms in total. The van der Waals surface area contributed by atoms with Gasteiger partial charge in [-0.3, -0.25) is 0 Å². The lowest BCUT2D eigenvalue weighted by Gasteiger charge is -2.44. The Labute approximate surface area is 78.7 Å². The monoisotopic (exact) mass is 180 g/mol. The Morgan fingerprint density at radius 3 is 2.54 bits per heavy atom. The molecule has 0 aromatic carbocycles. The molecule has 0 aromatic rings. The number of hydrogen-bond donors (Lipinski definition) is 2. The van der Waals surface area contributed by atoms with E-state index in [9.17, 15) is 5.11 Å². The van der Waals surface area contributed by atoms with Gasteiger partial charge in [-0.05, 0) is 25.7 Å². The fourth-order valence-electron chi connectivity index (χ4n) is 2.72. The SMILES string of the molecule is N#CCC1(O)CC2CCCC(C1)N2. The van der Waals surface area contributed by atoms with Gasteiger partial charge < -0.3 is 10.4 Å². The van der Waals surface area contributed by atoms with Crippen molar-refractivity contribution in [3.05, 3.63) is 0 Å². The quantitative estimate of drug-likeness (QED) is 0.631. The second-order valence-corrected chi connectivity index (χ2v) is 4.46. The Bertz CT molecular complexity index is 222. The lowest BCUT2D eigenvalue weighted by Crippen LogP contribution is -2.55. The van der Waals surface area contributed by atoms with Crippen molar-refractivity contribution in [2.45, 2.75) is 56.2 Å². The van der Waals surface area contributed by atoms with E-state index in [0.29, 0.717) is 18.5 Å². The Morgan fingerprint density at radius 1 is 1.38 bits per heavy atom. The van der Waals surface area contributed by atoms with E-state index in [1.54, 1.807) is 0 Å². The maximum Gasteiger partial charge on any atom is 0.0806 e. The van der Waals surface area contributed by atoms with Gasteiger partial charge in [0.1, 0.15) is 0 Å². The van der Waals surface area contributed by atoms with Gasteiger partial charge in [-0.1, -0.05) is 6.42 Å². The van der Waals surface area contributed by atoms with Crippen molar-refractivity contribution in [3.8, 4) is 6.07 Å². The molecule has 2 unspecified atom stereocenters. The van der Waals surface area contributed by atoms with E-state index in [1.807, 2.05) is 0 Å². The van der Waals surface area contributed by atoms with Gasteiger partial charge in [0, 0.05) is 12.1 Å². The van der Waals surface area contributed by atoms with Gasteiger partial charge in [0.25, 0.3) is 0 Å². The summed E-state index contributed by atoms with van der Waals surface area (Å²) in [6.45, 7) is 0. The number of aliphatic hydroxyl groups is 1. The molecule has 2 aliphatic heterocycles. The number of hydrogen-bond acceptors (Lipinski definition) is 3. The average Bonchev–Trinajstić information content (AvgIpc) is 2.02. The second-order valence-electron chi connectivity index (χ2n) is 4.46. The molecule has 0 radical (unpaired) electrons. The van der Waals surface area contributed by atoms with Gasteiger partial charge in [0.15, 0.2) is 0 Å². The van der Waals surface area contributed by atoms with E-state index < -0.39 is 5.60 Å². The smallest absolute Gasteiger partial charge is 0.0806 e. The molecule has 2 N–H and O–H groups in total. The molecule has 72 valence electrons. The van der Waals surface area contributed by atoms with Crippen molar-refractivity contribution in [2.24, 2.45) is 0 Å². The molecule has 2 bridgehead atoms. The standard InChI is InChI=1S/C10H16N2O/c11-5-4-10(13)6-8-2-1-3-9(7-10)12-8/h8-9,12-13H,1-4,6-7H2. The predicted octanol–water partition coefficient (Wildman–Crippen LogP) is 0.936. The Balaban J connectivity index is 2.05. The van der Waals surface area contributed by atoms with Crippen LogP contribution < -0.4 is 5.32 Å². The first-order valence-corrected chi connectivity index (χ1v) is 5.07. The highest BCUT2D eigenvalue weighted by Gasteiger charge is 2.40. The number of nitrogens with zero attached hydrogens (tertiary/aromatic N) is 1. The number of nitrogens with one attached hydrogen (secondary N) is 1. The molecule has 2 saturated heterocycles. The van der Waals surface area contributed by atoms with Gasteiger partial charge in [-0.15, -0.1) is 0 Å². The van der Waals surface area contributed by atoms with Gasteiger partial charge in [-0.25, -0.2) is 0 Å². The van der Waals surface area contributed by atoms with Gasteiger partial charge in [0.05, 0.1) is 18.1 Å². The molecule has 2 rings (SSSR count). The number of fused-ring (bicyclic) bond motifs is 2. The molecule has 2 aliphatic rings. The molecular weight excluding hydrogens is 164 g/mol. The van der Waals surface area contributed by atoms with Crippen LogP contribution in [0.1, 0.15) is 38.5 Å². The Kier molecular flexibility index (Phi) is 2.27. The van der Waals surface area contributed by atoms with Crippen molar-refractivity contribution in [3.63, 3.8) is 0 Å². The maximum absolute atomic E-state index is 10.1. The zero-order valence-electron chi connectivity index (χ0n) is 7.79. The first kappa shape index (κ1) is 8.98. The fourth-order valence-corrected chi connectivity index (χ4v) is 2.72. The van der Waals surface area contributed by atoms with Gasteiger partial charge >= 0.3 is 0 Å². The van der Waals surface area contributed by atoms with Crippen LogP contribution in [0.2, 0.25) is 0 Å². The lowest BCUT2D eigenvalue weighted by molar-refractivity contribution is -0.0268.